The van der Waals surface area contributed by atoms with E-state index in [0.717, 1.165) is 29.7 Å². The second-order valence-electron chi connectivity index (χ2n) is 5.46. The van der Waals surface area contributed by atoms with Crippen LogP contribution in [0.3, 0.4) is 0 Å². The van der Waals surface area contributed by atoms with Gasteiger partial charge in [-0.15, -0.1) is 0 Å². The Labute approximate surface area is 139 Å². The van der Waals surface area contributed by atoms with Crippen LogP contribution in [-0.4, -0.2) is 42.9 Å². The van der Waals surface area contributed by atoms with Gasteiger partial charge in [-0.2, -0.15) is 0 Å². The monoisotopic (exact) mass is 319 g/mol. The Balaban J connectivity index is 2.74. The standard InChI is InChI=1S/C18H29N3O2/c1-5-14-10-9-11-15(6-2)18(14)20-17(23)13-21(8-4)12-16(22)19-7-3/h9-11H,5-8,12-13H2,1-4H3,(H,19,22)(H,20,23). The summed E-state index contributed by atoms with van der Waals surface area (Å²) in [7, 11) is 0. The van der Waals surface area contributed by atoms with Crippen LogP contribution in [0.4, 0.5) is 5.69 Å². The maximum Gasteiger partial charge on any atom is 0.238 e. The topological polar surface area (TPSA) is 61.4 Å². The first-order valence-corrected chi connectivity index (χ1v) is 8.45. The van der Waals surface area contributed by atoms with E-state index in [1.54, 1.807) is 0 Å². The van der Waals surface area contributed by atoms with Gasteiger partial charge in [-0.25, -0.2) is 0 Å². The number of amides is 2. The number of rotatable bonds is 9. The molecule has 0 saturated heterocycles. The molecular formula is C18H29N3O2. The lowest BCUT2D eigenvalue weighted by molar-refractivity contribution is -0.123. The third-order valence-electron chi connectivity index (χ3n) is 3.82. The predicted octanol–water partition coefficient (Wildman–Crippen LogP) is 2.21. The van der Waals surface area contributed by atoms with Crippen LogP contribution in [0.5, 0.6) is 0 Å². The van der Waals surface area contributed by atoms with Gasteiger partial charge in [0.05, 0.1) is 13.1 Å². The van der Waals surface area contributed by atoms with E-state index in [4.69, 9.17) is 0 Å². The Morgan fingerprint density at radius 2 is 1.52 bits per heavy atom. The summed E-state index contributed by atoms with van der Waals surface area (Å²) < 4.78 is 0. The Kier molecular flexibility index (Phi) is 8.33. The molecule has 0 aliphatic rings. The van der Waals surface area contributed by atoms with Crippen LogP contribution in [0.2, 0.25) is 0 Å². The highest BCUT2D eigenvalue weighted by molar-refractivity contribution is 5.94. The number of benzene rings is 1. The zero-order chi connectivity index (χ0) is 17.2. The van der Waals surface area contributed by atoms with Crippen molar-refractivity contribution < 1.29 is 9.59 Å². The summed E-state index contributed by atoms with van der Waals surface area (Å²) in [4.78, 5) is 25.9. The molecule has 0 spiro atoms. The molecule has 5 nitrogen and oxygen atoms in total. The molecule has 23 heavy (non-hydrogen) atoms. The predicted molar refractivity (Wildman–Crippen MR) is 94.6 cm³/mol. The Bertz CT molecular complexity index is 507. The molecule has 1 aromatic carbocycles. The van der Waals surface area contributed by atoms with Gasteiger partial charge in [0, 0.05) is 12.2 Å². The molecule has 5 heteroatoms. The van der Waals surface area contributed by atoms with Gasteiger partial charge in [-0.3, -0.25) is 14.5 Å². The molecule has 2 amide bonds. The lowest BCUT2D eigenvalue weighted by atomic mass is 10.0. The average molecular weight is 319 g/mol. The van der Waals surface area contributed by atoms with Crippen molar-refractivity contribution in [3.05, 3.63) is 29.3 Å². The Morgan fingerprint density at radius 1 is 0.957 bits per heavy atom. The molecule has 0 aliphatic carbocycles. The second kappa shape index (κ2) is 10.0. The highest BCUT2D eigenvalue weighted by atomic mass is 16.2. The quantitative estimate of drug-likeness (QED) is 0.733. The fraction of sp³-hybridized carbons (Fsp3) is 0.556. The third-order valence-corrected chi connectivity index (χ3v) is 3.82. The molecule has 0 aromatic heterocycles. The van der Waals surface area contributed by atoms with E-state index in [-0.39, 0.29) is 24.9 Å². The number of carbonyl (C=O) groups excluding carboxylic acids is 2. The minimum Gasteiger partial charge on any atom is -0.355 e. The molecule has 1 rings (SSSR count). The van der Waals surface area contributed by atoms with Crippen LogP contribution in [0.25, 0.3) is 0 Å². The van der Waals surface area contributed by atoms with Gasteiger partial charge in [0.1, 0.15) is 0 Å². The van der Waals surface area contributed by atoms with Crippen molar-refractivity contribution in [2.75, 3.05) is 31.5 Å². The van der Waals surface area contributed by atoms with Crippen LogP contribution < -0.4 is 10.6 Å². The smallest absolute Gasteiger partial charge is 0.238 e. The van der Waals surface area contributed by atoms with E-state index in [1.165, 1.54) is 0 Å². The Morgan fingerprint density at radius 3 is 2.00 bits per heavy atom. The summed E-state index contributed by atoms with van der Waals surface area (Å²) in [5.41, 5.74) is 3.21. The molecule has 0 saturated carbocycles. The first-order valence-electron chi connectivity index (χ1n) is 8.45. The largest absolute Gasteiger partial charge is 0.355 e. The van der Waals surface area contributed by atoms with E-state index in [1.807, 2.05) is 36.9 Å². The lowest BCUT2D eigenvalue weighted by Gasteiger charge is -2.20. The summed E-state index contributed by atoms with van der Waals surface area (Å²) in [6.07, 6.45) is 1.75. The summed E-state index contributed by atoms with van der Waals surface area (Å²) in [6, 6.07) is 6.11. The van der Waals surface area contributed by atoms with Crippen LogP contribution in [-0.2, 0) is 22.4 Å². The fourth-order valence-corrected chi connectivity index (χ4v) is 2.52. The average Bonchev–Trinajstić information content (AvgIpc) is 2.54. The molecule has 128 valence electrons. The van der Waals surface area contributed by atoms with E-state index < -0.39 is 0 Å². The number of nitrogens with zero attached hydrogens (tertiary/aromatic N) is 1. The number of carbonyl (C=O) groups is 2. The lowest BCUT2D eigenvalue weighted by Crippen LogP contribution is -2.41. The number of para-hydroxylation sites is 1. The molecule has 2 N–H and O–H groups in total. The van der Waals surface area contributed by atoms with Crippen molar-refractivity contribution in [1.29, 1.82) is 0 Å². The summed E-state index contributed by atoms with van der Waals surface area (Å²) in [6.45, 7) is 9.71. The number of hydrogen-bond donors (Lipinski definition) is 2. The molecule has 0 unspecified atom stereocenters. The second-order valence-corrected chi connectivity index (χ2v) is 5.46. The van der Waals surface area contributed by atoms with Crippen molar-refractivity contribution in [2.24, 2.45) is 0 Å². The van der Waals surface area contributed by atoms with Crippen molar-refractivity contribution in [2.45, 2.75) is 40.5 Å². The van der Waals surface area contributed by atoms with Gasteiger partial charge in [0.15, 0.2) is 0 Å². The number of likely N-dealkylation sites (N-methyl/N-ethyl adjacent to an activating group) is 2. The number of aryl methyl sites for hydroxylation is 2. The molecule has 0 fully saturated rings. The zero-order valence-corrected chi connectivity index (χ0v) is 14.7. The van der Waals surface area contributed by atoms with Crippen molar-refractivity contribution in [3.8, 4) is 0 Å². The van der Waals surface area contributed by atoms with Gasteiger partial charge in [0.25, 0.3) is 0 Å². The summed E-state index contributed by atoms with van der Waals surface area (Å²) >= 11 is 0. The first-order chi connectivity index (χ1) is 11.0. The van der Waals surface area contributed by atoms with Gasteiger partial charge in [0.2, 0.25) is 11.8 Å². The van der Waals surface area contributed by atoms with Crippen molar-refractivity contribution >= 4 is 17.5 Å². The Hall–Kier alpha value is -1.88. The number of hydrogen-bond acceptors (Lipinski definition) is 3. The van der Waals surface area contributed by atoms with Gasteiger partial charge in [-0.1, -0.05) is 39.0 Å². The molecule has 1 aromatic rings. The molecule has 0 bridgehead atoms. The minimum atomic E-state index is -0.0771. The SMILES string of the molecule is CCNC(=O)CN(CC)CC(=O)Nc1c(CC)cccc1CC. The van der Waals surface area contributed by atoms with Crippen LogP contribution >= 0.6 is 0 Å². The van der Waals surface area contributed by atoms with Gasteiger partial charge >= 0.3 is 0 Å². The van der Waals surface area contributed by atoms with Crippen LogP contribution in [0.15, 0.2) is 18.2 Å². The maximum absolute atomic E-state index is 12.4. The van der Waals surface area contributed by atoms with E-state index in [9.17, 15) is 9.59 Å². The minimum absolute atomic E-state index is 0.0506. The highest BCUT2D eigenvalue weighted by Gasteiger charge is 2.15. The summed E-state index contributed by atoms with van der Waals surface area (Å²) in [5.74, 6) is -0.128. The molecule has 0 atom stereocenters. The van der Waals surface area contributed by atoms with Crippen molar-refractivity contribution in [3.63, 3.8) is 0 Å². The van der Waals surface area contributed by atoms with E-state index >= 15 is 0 Å². The summed E-state index contributed by atoms with van der Waals surface area (Å²) in [5, 5.41) is 5.80. The fourth-order valence-electron chi connectivity index (χ4n) is 2.52. The molecule has 0 heterocycles. The zero-order valence-electron chi connectivity index (χ0n) is 14.7. The van der Waals surface area contributed by atoms with Gasteiger partial charge in [-0.05, 0) is 37.4 Å². The first kappa shape index (κ1) is 19.2. The molecule has 0 aliphatic heterocycles. The van der Waals surface area contributed by atoms with E-state index in [0.29, 0.717) is 13.1 Å². The van der Waals surface area contributed by atoms with Crippen LogP contribution in [0, 0.1) is 0 Å². The third kappa shape index (κ3) is 6.02. The maximum atomic E-state index is 12.4. The van der Waals surface area contributed by atoms with Gasteiger partial charge < -0.3 is 10.6 Å². The molecular weight excluding hydrogens is 290 g/mol. The van der Waals surface area contributed by atoms with Crippen LogP contribution in [0.1, 0.15) is 38.8 Å². The van der Waals surface area contributed by atoms with Crippen molar-refractivity contribution in [1.82, 2.24) is 10.2 Å². The van der Waals surface area contributed by atoms with E-state index in [2.05, 4.69) is 24.5 Å². The molecule has 0 radical (unpaired) electrons. The number of nitrogens with one attached hydrogen (secondary N) is 2. The highest BCUT2D eigenvalue weighted by Crippen LogP contribution is 2.22. The number of anilines is 1. The normalized spacial score (nSPS) is 10.7.